The van der Waals surface area contributed by atoms with E-state index in [1.54, 1.807) is 16.8 Å². The van der Waals surface area contributed by atoms with Crippen LogP contribution < -0.4 is 5.73 Å². The van der Waals surface area contributed by atoms with Crippen molar-refractivity contribution < 1.29 is 15.0 Å². The number of rotatable bonds is 3. The average molecular weight is 187 g/mol. The quantitative estimate of drug-likeness (QED) is 0.631. The van der Waals surface area contributed by atoms with Gasteiger partial charge in [-0.15, -0.1) is 0 Å². The van der Waals surface area contributed by atoms with Gasteiger partial charge >= 0.3 is 5.97 Å². The van der Waals surface area contributed by atoms with Gasteiger partial charge in [-0.3, -0.25) is 0 Å². The van der Waals surface area contributed by atoms with E-state index in [9.17, 15) is 4.79 Å². The zero-order chi connectivity index (χ0) is 9.14. The van der Waals surface area contributed by atoms with Gasteiger partial charge in [-0.25, -0.2) is 4.79 Å². The lowest BCUT2D eigenvalue weighted by Crippen LogP contribution is -2.32. The number of aliphatic hydroxyl groups excluding tert-OH is 1. The van der Waals surface area contributed by atoms with Crippen LogP contribution in [0.4, 0.5) is 0 Å². The molecule has 0 spiro atoms. The largest absolute Gasteiger partial charge is 0.479 e. The standard InChI is InChI=1S/C7H9NO3S/c8-5(6(9)7(10)11)4-1-2-12-3-4/h1-3,5-6,9H,8H2,(H,10,11)/t5-,6+/m0/s1. The Hall–Kier alpha value is -0.910. The molecule has 0 amide bonds. The number of aliphatic carboxylic acids is 1. The first-order valence-electron chi connectivity index (χ1n) is 3.31. The molecular formula is C7H9NO3S. The molecule has 66 valence electrons. The Balaban J connectivity index is 2.71. The molecule has 1 aromatic heterocycles. The molecule has 0 radical (unpaired) electrons. The van der Waals surface area contributed by atoms with E-state index in [0.29, 0.717) is 5.56 Å². The van der Waals surface area contributed by atoms with Crippen molar-refractivity contribution in [3.8, 4) is 0 Å². The van der Waals surface area contributed by atoms with E-state index < -0.39 is 18.1 Å². The smallest absolute Gasteiger partial charge is 0.334 e. The van der Waals surface area contributed by atoms with Crippen molar-refractivity contribution in [3.63, 3.8) is 0 Å². The van der Waals surface area contributed by atoms with Crippen molar-refractivity contribution in [2.45, 2.75) is 12.1 Å². The summed E-state index contributed by atoms with van der Waals surface area (Å²) in [6.07, 6.45) is -1.53. The predicted molar refractivity (Wildman–Crippen MR) is 44.9 cm³/mol. The fraction of sp³-hybridized carbons (Fsp3) is 0.286. The van der Waals surface area contributed by atoms with Crippen LogP contribution in [-0.4, -0.2) is 22.3 Å². The second kappa shape index (κ2) is 3.66. The molecule has 0 aromatic carbocycles. The fourth-order valence-electron chi connectivity index (χ4n) is 0.801. The number of hydrogen-bond acceptors (Lipinski definition) is 4. The number of aliphatic hydroxyl groups is 1. The molecule has 0 aliphatic heterocycles. The lowest BCUT2D eigenvalue weighted by Gasteiger charge is -2.12. The number of carboxylic acid groups (broad SMARTS) is 1. The minimum absolute atomic E-state index is 0.648. The zero-order valence-corrected chi connectivity index (χ0v) is 6.99. The van der Waals surface area contributed by atoms with Gasteiger partial charge in [-0.05, 0) is 22.4 Å². The van der Waals surface area contributed by atoms with Gasteiger partial charge in [-0.2, -0.15) is 11.3 Å². The Labute approximate surface area is 73.3 Å². The molecule has 0 unspecified atom stereocenters. The highest BCUT2D eigenvalue weighted by atomic mass is 32.1. The van der Waals surface area contributed by atoms with Crippen molar-refractivity contribution in [2.75, 3.05) is 0 Å². The molecule has 0 aliphatic carbocycles. The third-order valence-corrected chi connectivity index (χ3v) is 2.22. The summed E-state index contributed by atoms with van der Waals surface area (Å²) in [6.45, 7) is 0. The molecule has 1 rings (SSSR count). The van der Waals surface area contributed by atoms with Crippen molar-refractivity contribution in [2.24, 2.45) is 5.73 Å². The van der Waals surface area contributed by atoms with Crippen LogP contribution >= 0.6 is 11.3 Å². The van der Waals surface area contributed by atoms with E-state index >= 15 is 0 Å². The van der Waals surface area contributed by atoms with Gasteiger partial charge in [0.05, 0.1) is 6.04 Å². The first-order chi connectivity index (χ1) is 5.63. The Kier molecular flexibility index (Phi) is 2.80. The van der Waals surface area contributed by atoms with E-state index in [1.165, 1.54) is 11.3 Å². The minimum atomic E-state index is -1.53. The summed E-state index contributed by atoms with van der Waals surface area (Å²) in [6, 6.07) is 0.857. The highest BCUT2D eigenvalue weighted by Crippen LogP contribution is 2.17. The highest BCUT2D eigenvalue weighted by Gasteiger charge is 2.23. The second-order valence-corrected chi connectivity index (χ2v) is 3.15. The molecule has 0 saturated heterocycles. The van der Waals surface area contributed by atoms with Gasteiger partial charge in [0, 0.05) is 0 Å². The van der Waals surface area contributed by atoms with Gasteiger partial charge in [0.1, 0.15) is 0 Å². The third kappa shape index (κ3) is 1.82. The number of hydrogen-bond donors (Lipinski definition) is 3. The molecule has 1 heterocycles. The second-order valence-electron chi connectivity index (χ2n) is 2.37. The first-order valence-corrected chi connectivity index (χ1v) is 4.25. The molecule has 5 heteroatoms. The molecule has 1 aromatic rings. The zero-order valence-electron chi connectivity index (χ0n) is 6.18. The van der Waals surface area contributed by atoms with Gasteiger partial charge in [0.15, 0.2) is 6.10 Å². The molecule has 12 heavy (non-hydrogen) atoms. The SMILES string of the molecule is N[C@@H](c1ccsc1)[C@@H](O)C(=O)O. The molecule has 2 atom stereocenters. The van der Waals surface area contributed by atoms with Crippen LogP contribution in [0.2, 0.25) is 0 Å². The van der Waals surface area contributed by atoms with Crippen LogP contribution in [0, 0.1) is 0 Å². The van der Waals surface area contributed by atoms with E-state index in [2.05, 4.69) is 0 Å². The number of thiophene rings is 1. The molecule has 4 N–H and O–H groups in total. The average Bonchev–Trinajstić information content (AvgIpc) is 2.53. The van der Waals surface area contributed by atoms with E-state index in [1.807, 2.05) is 0 Å². The molecule has 0 saturated carbocycles. The molecule has 0 aliphatic rings. The van der Waals surface area contributed by atoms with E-state index in [0.717, 1.165) is 0 Å². The Morgan fingerprint density at radius 3 is 2.75 bits per heavy atom. The highest BCUT2D eigenvalue weighted by molar-refractivity contribution is 7.07. The van der Waals surface area contributed by atoms with Crippen LogP contribution in [0.3, 0.4) is 0 Å². The Bertz CT molecular complexity index is 260. The molecule has 0 fully saturated rings. The fourth-order valence-corrected chi connectivity index (χ4v) is 1.51. The van der Waals surface area contributed by atoms with Crippen LogP contribution in [0.5, 0.6) is 0 Å². The Morgan fingerprint density at radius 2 is 2.33 bits per heavy atom. The van der Waals surface area contributed by atoms with Crippen molar-refractivity contribution in [3.05, 3.63) is 22.4 Å². The third-order valence-electron chi connectivity index (χ3n) is 1.52. The number of carboxylic acids is 1. The predicted octanol–water partition coefficient (Wildman–Crippen LogP) is 0.193. The maximum Gasteiger partial charge on any atom is 0.334 e. The number of nitrogens with two attached hydrogens (primary N) is 1. The first kappa shape index (κ1) is 9.18. The summed E-state index contributed by atoms with van der Waals surface area (Å²) in [5, 5.41) is 21.0. The number of carbonyl (C=O) groups is 1. The summed E-state index contributed by atoms with van der Waals surface area (Å²) in [5.74, 6) is -1.30. The summed E-state index contributed by atoms with van der Waals surface area (Å²) in [5.41, 5.74) is 6.11. The summed E-state index contributed by atoms with van der Waals surface area (Å²) in [4.78, 5) is 10.3. The lowest BCUT2D eigenvalue weighted by molar-refractivity contribution is -0.147. The molecular weight excluding hydrogens is 178 g/mol. The topological polar surface area (TPSA) is 83.5 Å². The Morgan fingerprint density at radius 1 is 1.67 bits per heavy atom. The molecule has 4 nitrogen and oxygen atoms in total. The van der Waals surface area contributed by atoms with Crippen LogP contribution in [0.15, 0.2) is 16.8 Å². The van der Waals surface area contributed by atoms with Crippen molar-refractivity contribution in [1.82, 2.24) is 0 Å². The summed E-state index contributed by atoms with van der Waals surface area (Å²) < 4.78 is 0. The van der Waals surface area contributed by atoms with Crippen LogP contribution in [-0.2, 0) is 4.79 Å². The van der Waals surface area contributed by atoms with Gasteiger partial charge < -0.3 is 15.9 Å². The molecule has 0 bridgehead atoms. The maximum absolute atomic E-state index is 10.3. The van der Waals surface area contributed by atoms with E-state index in [-0.39, 0.29) is 0 Å². The van der Waals surface area contributed by atoms with Crippen LogP contribution in [0.25, 0.3) is 0 Å². The normalized spacial score (nSPS) is 15.5. The van der Waals surface area contributed by atoms with Gasteiger partial charge in [0.25, 0.3) is 0 Å². The summed E-state index contributed by atoms with van der Waals surface area (Å²) in [7, 11) is 0. The van der Waals surface area contributed by atoms with E-state index in [4.69, 9.17) is 15.9 Å². The monoisotopic (exact) mass is 187 g/mol. The lowest BCUT2D eigenvalue weighted by atomic mass is 10.1. The summed E-state index contributed by atoms with van der Waals surface area (Å²) >= 11 is 1.41. The van der Waals surface area contributed by atoms with Crippen molar-refractivity contribution >= 4 is 17.3 Å². The van der Waals surface area contributed by atoms with Crippen molar-refractivity contribution in [1.29, 1.82) is 0 Å². The van der Waals surface area contributed by atoms with Gasteiger partial charge in [0.2, 0.25) is 0 Å². The van der Waals surface area contributed by atoms with Crippen LogP contribution in [0.1, 0.15) is 11.6 Å². The maximum atomic E-state index is 10.3. The minimum Gasteiger partial charge on any atom is -0.479 e. The van der Waals surface area contributed by atoms with Gasteiger partial charge in [-0.1, -0.05) is 0 Å².